The molecule has 0 aromatic heterocycles. The van der Waals surface area contributed by atoms with Crippen LogP contribution in [-0.4, -0.2) is 37.2 Å². The first kappa shape index (κ1) is 65.8. The Labute approximate surface area is 431 Å². The SMILES string of the molecule is CC/C=C/C/C=C/C/C=C/C/C=C/C/C=C/C/C=C/CCC(=O)OC[C@@H](COC(=O)CCCCCCC/C=C/C/C=C/CCCC)OC(=O)CCCCCCCCCCC/C=C/C/C=C/CCCCC. The number of esters is 3. The average Bonchev–Trinajstić information content (AvgIpc) is 3.36. The second kappa shape index (κ2) is 57.4. The molecule has 0 aliphatic carbocycles. The van der Waals surface area contributed by atoms with Gasteiger partial charge in [-0.3, -0.25) is 14.4 Å². The van der Waals surface area contributed by atoms with E-state index >= 15 is 0 Å². The number of carbonyl (C=O) groups excluding carboxylic acids is 3. The van der Waals surface area contributed by atoms with Crippen molar-refractivity contribution in [2.45, 2.75) is 252 Å². The zero-order valence-electron chi connectivity index (χ0n) is 45.2. The van der Waals surface area contributed by atoms with E-state index in [1.807, 2.05) is 6.08 Å². The highest BCUT2D eigenvalue weighted by molar-refractivity contribution is 5.71. The van der Waals surface area contributed by atoms with Crippen molar-refractivity contribution in [2.24, 2.45) is 0 Å². The minimum absolute atomic E-state index is 0.113. The lowest BCUT2D eigenvalue weighted by Crippen LogP contribution is -2.30. The molecule has 0 aliphatic heterocycles. The molecular weight excluding hydrogens is 865 g/mol. The zero-order valence-corrected chi connectivity index (χ0v) is 45.2. The van der Waals surface area contributed by atoms with Crippen LogP contribution in [0.5, 0.6) is 0 Å². The molecule has 0 fully saturated rings. The van der Waals surface area contributed by atoms with Gasteiger partial charge in [-0.1, -0.05) is 232 Å². The van der Waals surface area contributed by atoms with Crippen molar-refractivity contribution < 1.29 is 28.6 Å². The van der Waals surface area contributed by atoms with Crippen LogP contribution in [0.25, 0.3) is 0 Å². The molecule has 0 aliphatic rings. The van der Waals surface area contributed by atoms with Gasteiger partial charge in [0.15, 0.2) is 6.10 Å². The molecule has 6 heteroatoms. The number of allylic oxidation sites excluding steroid dienone is 20. The second-order valence-corrected chi connectivity index (χ2v) is 18.5. The minimum Gasteiger partial charge on any atom is -0.462 e. The summed E-state index contributed by atoms with van der Waals surface area (Å²) in [6.07, 6.45) is 79.1. The molecule has 0 spiro atoms. The third-order valence-electron chi connectivity index (χ3n) is 11.7. The highest BCUT2D eigenvalue weighted by Gasteiger charge is 2.19. The predicted octanol–water partition coefficient (Wildman–Crippen LogP) is 19.3. The summed E-state index contributed by atoms with van der Waals surface area (Å²) in [5, 5.41) is 0. The Bertz CT molecular complexity index is 1490. The summed E-state index contributed by atoms with van der Waals surface area (Å²) in [4.78, 5) is 38.1. The third-order valence-corrected chi connectivity index (χ3v) is 11.7. The van der Waals surface area contributed by atoms with E-state index in [2.05, 4.69) is 136 Å². The highest BCUT2D eigenvalue weighted by Crippen LogP contribution is 2.14. The number of rotatable bonds is 50. The Morgan fingerprint density at radius 3 is 1.00 bits per heavy atom. The summed E-state index contributed by atoms with van der Waals surface area (Å²) in [7, 11) is 0. The monoisotopic (exact) mass is 969 g/mol. The van der Waals surface area contributed by atoms with Crippen molar-refractivity contribution in [3.05, 3.63) is 122 Å². The molecule has 0 unspecified atom stereocenters. The van der Waals surface area contributed by atoms with E-state index in [9.17, 15) is 14.4 Å². The first-order valence-electron chi connectivity index (χ1n) is 28.5. The summed E-state index contributed by atoms with van der Waals surface area (Å²) < 4.78 is 16.8. The number of hydrogen-bond donors (Lipinski definition) is 0. The Balaban J connectivity index is 4.53. The lowest BCUT2D eigenvalue weighted by atomic mass is 10.1. The lowest BCUT2D eigenvalue weighted by Gasteiger charge is -2.18. The molecule has 396 valence electrons. The van der Waals surface area contributed by atoms with E-state index in [-0.39, 0.29) is 37.5 Å². The lowest BCUT2D eigenvalue weighted by molar-refractivity contribution is -0.166. The molecule has 0 saturated carbocycles. The number of hydrogen-bond acceptors (Lipinski definition) is 6. The maximum Gasteiger partial charge on any atom is 0.306 e. The molecule has 0 aromatic carbocycles. The highest BCUT2D eigenvalue weighted by atomic mass is 16.6. The fourth-order valence-electron chi connectivity index (χ4n) is 7.40. The third kappa shape index (κ3) is 54.7. The van der Waals surface area contributed by atoms with E-state index in [0.29, 0.717) is 19.3 Å². The maximum atomic E-state index is 12.9. The maximum absolute atomic E-state index is 12.9. The van der Waals surface area contributed by atoms with E-state index in [1.165, 1.54) is 89.9 Å². The van der Waals surface area contributed by atoms with Gasteiger partial charge in [0.25, 0.3) is 0 Å². The molecule has 0 aromatic rings. The van der Waals surface area contributed by atoms with Gasteiger partial charge in [-0.15, -0.1) is 0 Å². The normalized spacial score (nSPS) is 13.0. The molecule has 0 radical (unpaired) electrons. The van der Waals surface area contributed by atoms with Crippen LogP contribution in [-0.2, 0) is 28.6 Å². The first-order valence-corrected chi connectivity index (χ1v) is 28.5. The minimum atomic E-state index is -0.821. The van der Waals surface area contributed by atoms with Crippen LogP contribution < -0.4 is 0 Å². The van der Waals surface area contributed by atoms with Crippen molar-refractivity contribution in [3.8, 4) is 0 Å². The smallest absolute Gasteiger partial charge is 0.306 e. The molecule has 0 amide bonds. The second-order valence-electron chi connectivity index (χ2n) is 18.5. The first-order chi connectivity index (χ1) is 34.5. The fourth-order valence-corrected chi connectivity index (χ4v) is 7.40. The Hall–Kier alpha value is -4.19. The van der Waals surface area contributed by atoms with Crippen molar-refractivity contribution in [3.63, 3.8) is 0 Å². The van der Waals surface area contributed by atoms with Gasteiger partial charge in [0.1, 0.15) is 13.2 Å². The van der Waals surface area contributed by atoms with E-state index in [4.69, 9.17) is 14.2 Å². The van der Waals surface area contributed by atoms with Crippen LogP contribution in [0.1, 0.15) is 245 Å². The van der Waals surface area contributed by atoms with Crippen LogP contribution in [0, 0.1) is 0 Å². The predicted molar refractivity (Wildman–Crippen MR) is 302 cm³/mol. The Kier molecular flexibility index (Phi) is 54.0. The Morgan fingerprint density at radius 2 is 0.600 bits per heavy atom. The molecule has 1 atom stereocenters. The number of unbranched alkanes of at least 4 members (excludes halogenated alkanes) is 19. The van der Waals surface area contributed by atoms with Gasteiger partial charge in [0.05, 0.1) is 0 Å². The molecule has 0 rings (SSSR count). The number of ether oxygens (including phenoxy) is 3. The van der Waals surface area contributed by atoms with Gasteiger partial charge in [0, 0.05) is 19.3 Å². The van der Waals surface area contributed by atoms with Crippen LogP contribution in [0.4, 0.5) is 0 Å². The number of carbonyl (C=O) groups is 3. The quantitative estimate of drug-likeness (QED) is 0.0262. The molecule has 70 heavy (non-hydrogen) atoms. The fraction of sp³-hybridized carbons (Fsp3) is 0.641. The van der Waals surface area contributed by atoms with Crippen LogP contribution in [0.2, 0.25) is 0 Å². The zero-order chi connectivity index (χ0) is 50.7. The van der Waals surface area contributed by atoms with Gasteiger partial charge in [0.2, 0.25) is 0 Å². The summed E-state index contributed by atoms with van der Waals surface area (Å²) in [6, 6.07) is 0. The van der Waals surface area contributed by atoms with Crippen molar-refractivity contribution in [1.82, 2.24) is 0 Å². The largest absolute Gasteiger partial charge is 0.462 e. The van der Waals surface area contributed by atoms with Gasteiger partial charge < -0.3 is 14.2 Å². The van der Waals surface area contributed by atoms with Crippen LogP contribution in [0.15, 0.2) is 122 Å². The standard InChI is InChI=1S/C64H104O6/c1-4-7-10-13-16-19-22-25-28-30-32-34-36-39-42-45-48-51-54-57-63(66)69-60-61(59-68-62(65)56-53-50-47-44-41-38-27-24-21-18-15-12-9-6-3)70-64(67)58-55-52-49-46-43-40-37-35-33-31-29-26-23-20-17-14-11-8-5-2/h7,10,15-20,24-29,32,34,39,42,48,51,61H,4-6,8-9,11-14,21-23,30-31,33,35-38,40-41,43-47,49-50,52-60H2,1-3H3/b10-7+,18-15+,19-16+,20-17+,27-24+,28-25+,29-26+,34-32+,42-39+,51-48+/t61-/m1/s1. The van der Waals surface area contributed by atoms with Crippen molar-refractivity contribution in [1.29, 1.82) is 0 Å². The molecule has 6 nitrogen and oxygen atoms in total. The van der Waals surface area contributed by atoms with E-state index in [1.54, 1.807) is 0 Å². The average molecular weight is 970 g/mol. The molecule has 0 N–H and O–H groups in total. The molecule has 0 heterocycles. The molecule has 0 bridgehead atoms. The van der Waals surface area contributed by atoms with Gasteiger partial charge in [-0.05, 0) is 116 Å². The summed E-state index contributed by atoms with van der Waals surface area (Å²) in [5.74, 6) is -1.02. The van der Waals surface area contributed by atoms with Crippen molar-refractivity contribution in [2.75, 3.05) is 13.2 Å². The topological polar surface area (TPSA) is 78.9 Å². The summed E-state index contributed by atoms with van der Waals surface area (Å²) >= 11 is 0. The summed E-state index contributed by atoms with van der Waals surface area (Å²) in [5.41, 5.74) is 0. The van der Waals surface area contributed by atoms with Gasteiger partial charge in [-0.2, -0.15) is 0 Å². The van der Waals surface area contributed by atoms with Gasteiger partial charge >= 0.3 is 17.9 Å². The van der Waals surface area contributed by atoms with Gasteiger partial charge in [-0.25, -0.2) is 0 Å². The van der Waals surface area contributed by atoms with E-state index < -0.39 is 6.10 Å². The molecule has 0 saturated heterocycles. The van der Waals surface area contributed by atoms with Crippen LogP contribution in [0.3, 0.4) is 0 Å². The molecular formula is C64H104O6. The van der Waals surface area contributed by atoms with Crippen molar-refractivity contribution >= 4 is 17.9 Å². The van der Waals surface area contributed by atoms with E-state index in [0.717, 1.165) is 109 Å². The Morgan fingerprint density at radius 1 is 0.300 bits per heavy atom. The summed E-state index contributed by atoms with van der Waals surface area (Å²) in [6.45, 7) is 6.38. The van der Waals surface area contributed by atoms with Crippen LogP contribution >= 0.6 is 0 Å².